The van der Waals surface area contributed by atoms with Gasteiger partial charge in [-0.05, 0) is 31.0 Å². The highest BCUT2D eigenvalue weighted by Crippen LogP contribution is 2.32. The number of carbonyl (C=O) groups is 2. The number of rotatable bonds is 6. The van der Waals surface area contributed by atoms with Gasteiger partial charge < -0.3 is 16.4 Å². The third-order valence-corrected chi connectivity index (χ3v) is 3.97. The Morgan fingerprint density at radius 1 is 1.12 bits per heavy atom. The zero-order valence-corrected chi connectivity index (χ0v) is 13.9. The maximum absolute atomic E-state index is 13.0. The first-order valence-electron chi connectivity index (χ1n) is 7.59. The predicted molar refractivity (Wildman–Crippen MR) is 85.6 cm³/mol. The SMILES string of the molecule is CCC(CC)(CN)NC(=O)c1cc(NC(C)=O)cc(C(F)(F)F)c1. The molecule has 8 heteroatoms. The standard InChI is InChI=1S/C16H22F3N3O2/c1-4-15(5-2,9-20)22-14(24)11-6-12(16(17,18)19)8-13(7-11)21-10(3)23/h6-8H,4-5,9,20H2,1-3H3,(H,21,23)(H,22,24). The fourth-order valence-corrected chi connectivity index (χ4v) is 2.28. The van der Waals surface area contributed by atoms with Crippen LogP contribution in [-0.4, -0.2) is 23.9 Å². The largest absolute Gasteiger partial charge is 0.416 e. The Bertz CT molecular complexity index is 603. The second-order valence-corrected chi connectivity index (χ2v) is 5.62. The van der Waals surface area contributed by atoms with Gasteiger partial charge in [0.1, 0.15) is 0 Å². The van der Waals surface area contributed by atoms with Crippen LogP contribution in [-0.2, 0) is 11.0 Å². The van der Waals surface area contributed by atoms with E-state index in [9.17, 15) is 22.8 Å². The quantitative estimate of drug-likeness (QED) is 0.741. The molecule has 0 saturated carbocycles. The molecule has 0 fully saturated rings. The molecule has 0 bridgehead atoms. The molecule has 0 aliphatic carbocycles. The summed E-state index contributed by atoms with van der Waals surface area (Å²) in [7, 11) is 0. The lowest BCUT2D eigenvalue weighted by molar-refractivity contribution is -0.137. The highest BCUT2D eigenvalue weighted by atomic mass is 19.4. The molecular weight excluding hydrogens is 323 g/mol. The first kappa shape index (κ1) is 20.0. The topological polar surface area (TPSA) is 84.2 Å². The van der Waals surface area contributed by atoms with Gasteiger partial charge in [0.05, 0.1) is 11.1 Å². The molecule has 0 radical (unpaired) electrons. The van der Waals surface area contributed by atoms with Gasteiger partial charge in [0.25, 0.3) is 5.91 Å². The Hall–Kier alpha value is -2.09. The van der Waals surface area contributed by atoms with E-state index in [0.717, 1.165) is 12.1 Å². The molecule has 0 aliphatic heterocycles. The van der Waals surface area contributed by atoms with E-state index in [0.29, 0.717) is 12.8 Å². The van der Waals surface area contributed by atoms with Crippen LogP contribution in [0.5, 0.6) is 0 Å². The number of hydrogen-bond acceptors (Lipinski definition) is 3. The van der Waals surface area contributed by atoms with E-state index in [1.54, 1.807) is 0 Å². The Balaban J connectivity index is 3.26. The van der Waals surface area contributed by atoms with Gasteiger partial charge in [-0.15, -0.1) is 0 Å². The summed E-state index contributed by atoms with van der Waals surface area (Å²) in [4.78, 5) is 23.5. The van der Waals surface area contributed by atoms with Crippen molar-refractivity contribution in [3.05, 3.63) is 29.3 Å². The number of halogens is 3. The Morgan fingerprint density at radius 3 is 2.12 bits per heavy atom. The molecule has 0 atom stereocenters. The molecule has 1 rings (SSSR count). The lowest BCUT2D eigenvalue weighted by Crippen LogP contribution is -2.52. The summed E-state index contributed by atoms with van der Waals surface area (Å²) in [6.07, 6.45) is -3.55. The Labute approximate surface area is 138 Å². The predicted octanol–water partition coefficient (Wildman–Crippen LogP) is 2.91. The summed E-state index contributed by atoms with van der Waals surface area (Å²) in [5, 5.41) is 4.98. The van der Waals surface area contributed by atoms with E-state index < -0.39 is 29.1 Å². The van der Waals surface area contributed by atoms with Crippen molar-refractivity contribution in [3.63, 3.8) is 0 Å². The molecule has 0 aliphatic rings. The van der Waals surface area contributed by atoms with Gasteiger partial charge in [0.15, 0.2) is 0 Å². The number of benzene rings is 1. The van der Waals surface area contributed by atoms with E-state index >= 15 is 0 Å². The fraction of sp³-hybridized carbons (Fsp3) is 0.500. The van der Waals surface area contributed by atoms with Crippen LogP contribution in [0.15, 0.2) is 18.2 Å². The number of nitrogens with one attached hydrogen (secondary N) is 2. The summed E-state index contributed by atoms with van der Waals surface area (Å²) in [5.41, 5.74) is 3.73. The van der Waals surface area contributed by atoms with E-state index in [-0.39, 0.29) is 17.8 Å². The van der Waals surface area contributed by atoms with Gasteiger partial charge in [0, 0.05) is 24.7 Å². The second kappa shape index (κ2) is 7.65. The van der Waals surface area contributed by atoms with E-state index in [1.165, 1.54) is 13.0 Å². The van der Waals surface area contributed by atoms with E-state index in [4.69, 9.17) is 5.73 Å². The number of anilines is 1. The molecule has 2 amide bonds. The van der Waals surface area contributed by atoms with E-state index in [2.05, 4.69) is 10.6 Å². The molecule has 0 spiro atoms. The average Bonchev–Trinajstić information content (AvgIpc) is 2.50. The molecule has 24 heavy (non-hydrogen) atoms. The molecule has 0 heterocycles. The van der Waals surface area contributed by atoms with Crippen molar-refractivity contribution in [1.29, 1.82) is 0 Å². The van der Waals surface area contributed by atoms with Crippen LogP contribution in [0, 0.1) is 0 Å². The maximum Gasteiger partial charge on any atom is 0.416 e. The van der Waals surface area contributed by atoms with Gasteiger partial charge in [-0.2, -0.15) is 13.2 Å². The van der Waals surface area contributed by atoms with Crippen molar-refractivity contribution in [2.24, 2.45) is 5.73 Å². The van der Waals surface area contributed by atoms with Crippen molar-refractivity contribution in [1.82, 2.24) is 5.32 Å². The number of carbonyl (C=O) groups excluding carboxylic acids is 2. The van der Waals surface area contributed by atoms with Crippen molar-refractivity contribution in [2.45, 2.75) is 45.3 Å². The number of alkyl halides is 3. The van der Waals surface area contributed by atoms with Crippen LogP contribution >= 0.6 is 0 Å². The Morgan fingerprint density at radius 2 is 1.71 bits per heavy atom. The normalized spacial score (nSPS) is 12.0. The van der Waals surface area contributed by atoms with Crippen LogP contribution in [0.2, 0.25) is 0 Å². The minimum absolute atomic E-state index is 0.0891. The van der Waals surface area contributed by atoms with Gasteiger partial charge in [-0.3, -0.25) is 9.59 Å². The van der Waals surface area contributed by atoms with Crippen LogP contribution in [0.4, 0.5) is 18.9 Å². The van der Waals surface area contributed by atoms with E-state index in [1.807, 2.05) is 13.8 Å². The number of nitrogens with two attached hydrogens (primary N) is 1. The molecule has 1 aromatic rings. The highest BCUT2D eigenvalue weighted by Gasteiger charge is 2.33. The summed E-state index contributed by atoms with van der Waals surface area (Å²) in [6.45, 7) is 5.02. The monoisotopic (exact) mass is 345 g/mol. The molecule has 0 unspecified atom stereocenters. The molecule has 0 aromatic heterocycles. The van der Waals surface area contributed by atoms with Gasteiger partial charge in [-0.1, -0.05) is 13.8 Å². The summed E-state index contributed by atoms with van der Waals surface area (Å²) in [6, 6.07) is 2.75. The molecular formula is C16H22F3N3O2. The summed E-state index contributed by atoms with van der Waals surface area (Å²) >= 11 is 0. The van der Waals surface area contributed by atoms with Gasteiger partial charge in [0.2, 0.25) is 5.91 Å². The minimum Gasteiger partial charge on any atom is -0.345 e. The van der Waals surface area contributed by atoms with Crippen molar-refractivity contribution >= 4 is 17.5 Å². The molecule has 0 saturated heterocycles. The van der Waals surface area contributed by atoms with Gasteiger partial charge >= 0.3 is 6.18 Å². The van der Waals surface area contributed by atoms with Crippen molar-refractivity contribution in [3.8, 4) is 0 Å². The number of hydrogen-bond donors (Lipinski definition) is 3. The summed E-state index contributed by atoms with van der Waals surface area (Å²) < 4.78 is 39.1. The maximum atomic E-state index is 13.0. The third kappa shape index (κ3) is 4.95. The average molecular weight is 345 g/mol. The molecule has 5 nitrogen and oxygen atoms in total. The third-order valence-electron chi connectivity index (χ3n) is 3.97. The first-order valence-corrected chi connectivity index (χ1v) is 7.59. The number of amides is 2. The van der Waals surface area contributed by atoms with Crippen LogP contribution in [0.25, 0.3) is 0 Å². The second-order valence-electron chi connectivity index (χ2n) is 5.62. The van der Waals surface area contributed by atoms with Crippen LogP contribution in [0.1, 0.15) is 49.5 Å². The minimum atomic E-state index is -4.63. The first-order chi connectivity index (χ1) is 11.1. The van der Waals surface area contributed by atoms with Crippen molar-refractivity contribution < 1.29 is 22.8 Å². The molecule has 134 valence electrons. The highest BCUT2D eigenvalue weighted by molar-refractivity contribution is 5.97. The molecule has 1 aromatic carbocycles. The summed E-state index contributed by atoms with van der Waals surface area (Å²) in [5.74, 6) is -1.19. The van der Waals surface area contributed by atoms with Crippen LogP contribution < -0.4 is 16.4 Å². The van der Waals surface area contributed by atoms with Gasteiger partial charge in [-0.25, -0.2) is 0 Å². The van der Waals surface area contributed by atoms with Crippen molar-refractivity contribution in [2.75, 3.05) is 11.9 Å². The molecule has 4 N–H and O–H groups in total. The zero-order chi connectivity index (χ0) is 18.5. The lowest BCUT2D eigenvalue weighted by Gasteiger charge is -2.31. The van der Waals surface area contributed by atoms with Crippen LogP contribution in [0.3, 0.4) is 0 Å². The Kier molecular flexibility index (Phi) is 6.36. The lowest BCUT2D eigenvalue weighted by atomic mass is 9.92. The smallest absolute Gasteiger partial charge is 0.345 e. The zero-order valence-electron chi connectivity index (χ0n) is 13.9. The fourth-order valence-electron chi connectivity index (χ4n) is 2.28.